The minimum absolute atomic E-state index is 0.0525. The number of carbonyl (C=O) groups excluding carboxylic acids is 3. The Morgan fingerprint density at radius 3 is 2.32 bits per heavy atom. The molecule has 34 heavy (non-hydrogen) atoms. The first-order valence-corrected chi connectivity index (χ1v) is 12.3. The molecule has 1 aromatic carbocycles. The fourth-order valence-corrected chi connectivity index (χ4v) is 5.42. The Balaban J connectivity index is 1.54. The van der Waals surface area contributed by atoms with E-state index in [-0.39, 0.29) is 35.6 Å². The zero-order chi connectivity index (χ0) is 24.4. The van der Waals surface area contributed by atoms with Crippen molar-refractivity contribution in [2.75, 3.05) is 33.2 Å². The number of amides is 3. The van der Waals surface area contributed by atoms with Gasteiger partial charge in [-0.1, -0.05) is 29.3 Å². The summed E-state index contributed by atoms with van der Waals surface area (Å²) in [6.07, 6.45) is 4.92. The van der Waals surface area contributed by atoms with Gasteiger partial charge in [-0.3, -0.25) is 14.4 Å². The monoisotopic (exact) mass is 505 g/mol. The van der Waals surface area contributed by atoms with Crippen LogP contribution in [0.5, 0.6) is 0 Å². The zero-order valence-corrected chi connectivity index (χ0v) is 20.9. The summed E-state index contributed by atoms with van der Waals surface area (Å²) in [7, 11) is 1.79. The van der Waals surface area contributed by atoms with E-state index in [1.165, 1.54) is 12.5 Å². The van der Waals surface area contributed by atoms with Crippen molar-refractivity contribution in [2.24, 2.45) is 5.92 Å². The molecule has 2 aliphatic heterocycles. The Kier molecular flexibility index (Phi) is 7.53. The van der Waals surface area contributed by atoms with Crippen LogP contribution in [0.3, 0.4) is 0 Å². The molecule has 2 aliphatic rings. The van der Waals surface area contributed by atoms with E-state index in [9.17, 15) is 14.4 Å². The van der Waals surface area contributed by atoms with Crippen molar-refractivity contribution < 1.29 is 18.8 Å². The number of likely N-dealkylation sites (N-methyl/N-ethyl adjacent to an activating group) is 1. The van der Waals surface area contributed by atoms with Crippen LogP contribution >= 0.6 is 23.2 Å². The number of hydrogen-bond donors (Lipinski definition) is 0. The molecule has 0 unspecified atom stereocenters. The molecule has 3 heterocycles. The van der Waals surface area contributed by atoms with E-state index < -0.39 is 0 Å². The maximum Gasteiger partial charge on any atom is 0.257 e. The molecule has 2 fully saturated rings. The van der Waals surface area contributed by atoms with Crippen LogP contribution in [0.15, 0.2) is 41.2 Å². The summed E-state index contributed by atoms with van der Waals surface area (Å²) in [5.74, 6) is -0.162. The third-order valence-electron chi connectivity index (χ3n) is 7.14. The summed E-state index contributed by atoms with van der Waals surface area (Å²) < 4.78 is 5.09. The molecule has 2 aromatic rings. The van der Waals surface area contributed by atoms with Gasteiger partial charge < -0.3 is 19.1 Å². The number of likely N-dealkylation sites (tertiary alicyclic amines) is 2. The van der Waals surface area contributed by atoms with E-state index in [1.54, 1.807) is 35.9 Å². The molecule has 0 bridgehead atoms. The number of rotatable bonds is 4. The number of benzene rings is 1. The molecular weight excluding hydrogens is 477 g/mol. The Bertz CT molecular complexity index is 1050. The van der Waals surface area contributed by atoms with Gasteiger partial charge in [-0.05, 0) is 43.0 Å². The highest BCUT2D eigenvalue weighted by atomic mass is 35.5. The molecule has 0 spiro atoms. The second-order valence-electron chi connectivity index (χ2n) is 9.13. The molecule has 0 saturated carbocycles. The van der Waals surface area contributed by atoms with Crippen LogP contribution in [0.4, 0.5) is 0 Å². The standard InChI is InChI=1S/C25H29Cl2N3O4/c1-16(31)29-9-5-17(6-10-29)25(33)30-11-7-23(28(2)24(32)19-8-12-34-15-19)20(14-30)18-3-4-21(26)22(27)13-18/h3-4,8,12-13,15,17,20,23H,5-7,9-11,14H2,1-2H3/t20-,23+/m0/s1. The van der Waals surface area contributed by atoms with E-state index in [0.29, 0.717) is 61.1 Å². The van der Waals surface area contributed by atoms with Crippen LogP contribution in [0.2, 0.25) is 10.0 Å². The Hall–Kier alpha value is -2.51. The summed E-state index contributed by atoms with van der Waals surface area (Å²) in [6, 6.07) is 7.03. The first-order valence-electron chi connectivity index (χ1n) is 11.5. The summed E-state index contributed by atoms with van der Waals surface area (Å²) >= 11 is 12.5. The summed E-state index contributed by atoms with van der Waals surface area (Å²) in [4.78, 5) is 43.6. The number of furan rings is 1. The second-order valence-corrected chi connectivity index (χ2v) is 9.94. The van der Waals surface area contributed by atoms with Crippen molar-refractivity contribution in [3.63, 3.8) is 0 Å². The quantitative estimate of drug-likeness (QED) is 0.620. The maximum absolute atomic E-state index is 13.4. The van der Waals surface area contributed by atoms with Crippen LogP contribution in [0.25, 0.3) is 0 Å². The molecule has 3 amide bonds. The van der Waals surface area contributed by atoms with E-state index in [0.717, 1.165) is 5.56 Å². The highest BCUT2D eigenvalue weighted by Crippen LogP contribution is 2.35. The molecule has 0 N–H and O–H groups in total. The molecule has 1 aromatic heterocycles. The van der Waals surface area contributed by atoms with Crippen LogP contribution in [0, 0.1) is 5.92 Å². The van der Waals surface area contributed by atoms with Crippen molar-refractivity contribution in [1.29, 1.82) is 0 Å². The van der Waals surface area contributed by atoms with Crippen molar-refractivity contribution >= 4 is 40.9 Å². The minimum Gasteiger partial charge on any atom is -0.472 e. The largest absolute Gasteiger partial charge is 0.472 e. The van der Waals surface area contributed by atoms with Gasteiger partial charge in [-0.25, -0.2) is 0 Å². The van der Waals surface area contributed by atoms with Gasteiger partial charge in [0.25, 0.3) is 5.91 Å². The molecule has 2 saturated heterocycles. The lowest BCUT2D eigenvalue weighted by molar-refractivity contribution is -0.141. The second kappa shape index (κ2) is 10.4. The number of nitrogens with zero attached hydrogens (tertiary/aromatic N) is 3. The zero-order valence-electron chi connectivity index (χ0n) is 19.4. The fraction of sp³-hybridized carbons (Fsp3) is 0.480. The lowest BCUT2D eigenvalue weighted by Crippen LogP contribution is -2.53. The SMILES string of the molecule is CC(=O)N1CCC(C(=O)N2CC[C@@H](N(C)C(=O)c3ccoc3)[C@H](c3ccc(Cl)c(Cl)c3)C2)CC1. The Labute approximate surface area is 209 Å². The predicted molar refractivity (Wildman–Crippen MR) is 130 cm³/mol. The van der Waals surface area contributed by atoms with Gasteiger partial charge in [0.05, 0.1) is 21.9 Å². The van der Waals surface area contributed by atoms with E-state index in [1.807, 2.05) is 17.0 Å². The van der Waals surface area contributed by atoms with Gasteiger partial charge in [0, 0.05) is 58.0 Å². The van der Waals surface area contributed by atoms with Gasteiger partial charge in [0.15, 0.2) is 0 Å². The number of halogens is 2. The summed E-state index contributed by atoms with van der Waals surface area (Å²) in [5, 5.41) is 0.910. The van der Waals surface area contributed by atoms with Crippen LogP contribution in [0.1, 0.15) is 48.0 Å². The predicted octanol–water partition coefficient (Wildman–Crippen LogP) is 4.30. The van der Waals surface area contributed by atoms with Gasteiger partial charge in [0.2, 0.25) is 11.8 Å². The Morgan fingerprint density at radius 2 is 1.71 bits per heavy atom. The van der Waals surface area contributed by atoms with Gasteiger partial charge in [-0.2, -0.15) is 0 Å². The third-order valence-corrected chi connectivity index (χ3v) is 7.87. The first kappa shape index (κ1) is 24.6. The van der Waals surface area contributed by atoms with E-state index in [4.69, 9.17) is 27.6 Å². The molecule has 0 aliphatic carbocycles. The fourth-order valence-electron chi connectivity index (χ4n) is 5.11. The van der Waals surface area contributed by atoms with Crippen molar-refractivity contribution in [2.45, 2.75) is 38.1 Å². The lowest BCUT2D eigenvalue weighted by Gasteiger charge is -2.44. The van der Waals surface area contributed by atoms with Gasteiger partial charge in [-0.15, -0.1) is 0 Å². The first-order chi connectivity index (χ1) is 16.3. The maximum atomic E-state index is 13.4. The number of hydrogen-bond acceptors (Lipinski definition) is 4. The highest BCUT2D eigenvalue weighted by Gasteiger charge is 2.39. The number of carbonyl (C=O) groups is 3. The smallest absolute Gasteiger partial charge is 0.257 e. The molecule has 0 radical (unpaired) electrons. The van der Waals surface area contributed by atoms with Crippen LogP contribution in [-0.2, 0) is 9.59 Å². The summed E-state index contributed by atoms with van der Waals surface area (Å²) in [6.45, 7) is 3.84. The average Bonchev–Trinajstić information content (AvgIpc) is 3.39. The van der Waals surface area contributed by atoms with Gasteiger partial charge in [0.1, 0.15) is 6.26 Å². The van der Waals surface area contributed by atoms with Crippen molar-refractivity contribution in [1.82, 2.24) is 14.7 Å². The Morgan fingerprint density at radius 1 is 1.00 bits per heavy atom. The lowest BCUT2D eigenvalue weighted by atomic mass is 9.83. The van der Waals surface area contributed by atoms with Gasteiger partial charge >= 0.3 is 0 Å². The third kappa shape index (κ3) is 5.10. The normalized spacial score (nSPS) is 21.4. The molecule has 7 nitrogen and oxygen atoms in total. The molecular formula is C25H29Cl2N3O4. The van der Waals surface area contributed by atoms with Crippen LogP contribution < -0.4 is 0 Å². The average molecular weight is 506 g/mol. The van der Waals surface area contributed by atoms with E-state index in [2.05, 4.69) is 0 Å². The molecule has 4 rings (SSSR count). The molecule has 182 valence electrons. The minimum atomic E-state index is -0.125. The van der Waals surface area contributed by atoms with E-state index >= 15 is 0 Å². The molecule has 2 atom stereocenters. The summed E-state index contributed by atoms with van der Waals surface area (Å²) in [5.41, 5.74) is 1.43. The topological polar surface area (TPSA) is 74.1 Å². The van der Waals surface area contributed by atoms with Crippen molar-refractivity contribution in [3.8, 4) is 0 Å². The highest BCUT2D eigenvalue weighted by molar-refractivity contribution is 6.42. The number of piperidine rings is 2. The van der Waals surface area contributed by atoms with Crippen LogP contribution in [-0.4, -0.2) is 71.7 Å². The molecule has 9 heteroatoms. The van der Waals surface area contributed by atoms with Crippen molar-refractivity contribution in [3.05, 3.63) is 58.0 Å².